The van der Waals surface area contributed by atoms with Crippen molar-refractivity contribution in [2.45, 2.75) is 40.5 Å². The zero-order chi connectivity index (χ0) is 22.3. The third-order valence-corrected chi connectivity index (χ3v) is 4.42. The van der Waals surface area contributed by atoms with E-state index in [9.17, 15) is 19.2 Å². The number of aromatic nitrogens is 1. The molecule has 0 radical (unpaired) electrons. The topological polar surface area (TPSA) is 115 Å². The van der Waals surface area contributed by atoms with Crippen molar-refractivity contribution in [3.05, 3.63) is 52.3 Å². The van der Waals surface area contributed by atoms with Gasteiger partial charge in [-0.3, -0.25) is 9.59 Å². The molecular formula is C22H26N2O6. The van der Waals surface area contributed by atoms with Crippen LogP contribution in [0.2, 0.25) is 0 Å². The Kier molecular flexibility index (Phi) is 7.91. The zero-order valence-electron chi connectivity index (χ0n) is 17.6. The fourth-order valence-corrected chi connectivity index (χ4v) is 2.94. The molecule has 0 saturated heterocycles. The van der Waals surface area contributed by atoms with Gasteiger partial charge in [-0.25, -0.2) is 9.59 Å². The molecule has 160 valence electrons. The molecule has 2 rings (SSSR count). The van der Waals surface area contributed by atoms with Crippen molar-refractivity contribution < 1.29 is 28.7 Å². The second-order valence-corrected chi connectivity index (χ2v) is 6.72. The number of rotatable bonds is 9. The van der Waals surface area contributed by atoms with Crippen molar-refractivity contribution in [2.75, 3.05) is 18.5 Å². The molecule has 0 spiro atoms. The van der Waals surface area contributed by atoms with Gasteiger partial charge in [0.05, 0.1) is 12.2 Å². The van der Waals surface area contributed by atoms with Gasteiger partial charge in [-0.2, -0.15) is 0 Å². The fraction of sp³-hybridized carbons (Fsp3) is 0.364. The van der Waals surface area contributed by atoms with E-state index in [0.29, 0.717) is 28.9 Å². The quantitative estimate of drug-likeness (QED) is 0.479. The average molecular weight is 414 g/mol. The SMILES string of the molecule is CCCC(=O)Nc1ccc(C(=O)COC(=O)c2c(C)[nH]c(C(=O)OCC)c2C)cc1. The first-order valence-corrected chi connectivity index (χ1v) is 9.74. The first kappa shape index (κ1) is 22.9. The maximum Gasteiger partial charge on any atom is 0.355 e. The molecular weight excluding hydrogens is 388 g/mol. The summed E-state index contributed by atoms with van der Waals surface area (Å²) in [5.74, 6) is -1.73. The molecule has 0 unspecified atom stereocenters. The van der Waals surface area contributed by atoms with Crippen LogP contribution in [-0.2, 0) is 14.3 Å². The Morgan fingerprint density at radius 3 is 2.23 bits per heavy atom. The molecule has 2 N–H and O–H groups in total. The van der Waals surface area contributed by atoms with Crippen LogP contribution in [0.1, 0.15) is 69.2 Å². The van der Waals surface area contributed by atoms with Gasteiger partial charge in [0.25, 0.3) is 0 Å². The van der Waals surface area contributed by atoms with E-state index in [1.54, 1.807) is 45.0 Å². The van der Waals surface area contributed by atoms with Crippen molar-refractivity contribution in [1.29, 1.82) is 0 Å². The van der Waals surface area contributed by atoms with Crippen LogP contribution in [0.3, 0.4) is 0 Å². The van der Waals surface area contributed by atoms with Gasteiger partial charge in [0.2, 0.25) is 5.91 Å². The summed E-state index contributed by atoms with van der Waals surface area (Å²) < 4.78 is 10.1. The minimum absolute atomic E-state index is 0.0927. The third-order valence-electron chi connectivity index (χ3n) is 4.42. The normalized spacial score (nSPS) is 10.4. The van der Waals surface area contributed by atoms with Crippen LogP contribution >= 0.6 is 0 Å². The van der Waals surface area contributed by atoms with Crippen LogP contribution in [0, 0.1) is 13.8 Å². The highest BCUT2D eigenvalue weighted by Crippen LogP contribution is 2.20. The predicted octanol–water partition coefficient (Wildman–Crippen LogP) is 3.59. The number of nitrogens with one attached hydrogen (secondary N) is 2. The molecule has 0 bridgehead atoms. The van der Waals surface area contributed by atoms with Crippen LogP contribution in [0.15, 0.2) is 24.3 Å². The standard InChI is InChI=1S/C22H26N2O6/c1-5-7-18(26)24-16-10-8-15(9-11-16)17(25)12-30-21(27)19-13(3)20(23-14(19)4)22(28)29-6-2/h8-11,23H,5-7,12H2,1-4H3,(H,24,26). The number of anilines is 1. The fourth-order valence-electron chi connectivity index (χ4n) is 2.94. The highest BCUT2D eigenvalue weighted by Gasteiger charge is 2.24. The van der Waals surface area contributed by atoms with Gasteiger partial charge in [-0.1, -0.05) is 6.92 Å². The molecule has 0 atom stereocenters. The first-order valence-electron chi connectivity index (χ1n) is 9.74. The predicted molar refractivity (Wildman–Crippen MR) is 111 cm³/mol. The number of esters is 2. The highest BCUT2D eigenvalue weighted by molar-refractivity contribution is 6.02. The van der Waals surface area contributed by atoms with Gasteiger partial charge < -0.3 is 19.8 Å². The van der Waals surface area contributed by atoms with Gasteiger partial charge in [0.1, 0.15) is 5.69 Å². The van der Waals surface area contributed by atoms with Crippen LogP contribution in [0.25, 0.3) is 0 Å². The number of hydrogen-bond acceptors (Lipinski definition) is 6. The maximum atomic E-state index is 12.5. The summed E-state index contributed by atoms with van der Waals surface area (Å²) in [5.41, 5.74) is 2.21. The van der Waals surface area contributed by atoms with Gasteiger partial charge in [-0.05, 0) is 57.0 Å². The summed E-state index contributed by atoms with van der Waals surface area (Å²) in [6.45, 7) is 6.62. The second-order valence-electron chi connectivity index (χ2n) is 6.72. The van der Waals surface area contributed by atoms with Gasteiger partial charge in [0, 0.05) is 23.4 Å². The van der Waals surface area contributed by atoms with Crippen LogP contribution < -0.4 is 5.32 Å². The number of aryl methyl sites for hydroxylation is 1. The van der Waals surface area contributed by atoms with Gasteiger partial charge in [-0.15, -0.1) is 0 Å². The number of ether oxygens (including phenoxy) is 2. The Hall–Kier alpha value is -3.42. The molecule has 2 aromatic rings. The lowest BCUT2D eigenvalue weighted by Crippen LogP contribution is -2.16. The number of aromatic amines is 1. The number of ketones is 1. The summed E-state index contributed by atoms with van der Waals surface area (Å²) in [6, 6.07) is 6.36. The molecule has 8 nitrogen and oxygen atoms in total. The Bertz CT molecular complexity index is 943. The van der Waals surface area contributed by atoms with Gasteiger partial charge in [0.15, 0.2) is 12.4 Å². The number of carbonyl (C=O) groups is 4. The summed E-state index contributed by atoms with van der Waals surface area (Å²) >= 11 is 0. The van der Waals surface area contributed by atoms with Gasteiger partial charge >= 0.3 is 11.9 Å². The van der Waals surface area contributed by atoms with E-state index < -0.39 is 18.5 Å². The lowest BCUT2D eigenvalue weighted by atomic mass is 10.1. The lowest BCUT2D eigenvalue weighted by molar-refractivity contribution is -0.116. The molecule has 8 heteroatoms. The van der Waals surface area contributed by atoms with E-state index >= 15 is 0 Å². The minimum atomic E-state index is -0.700. The number of Topliss-reactive ketones (excluding diaryl/α,β-unsaturated/α-hetero) is 1. The molecule has 1 aromatic carbocycles. The summed E-state index contributed by atoms with van der Waals surface area (Å²) in [4.78, 5) is 51.2. The van der Waals surface area contributed by atoms with Crippen LogP contribution in [0.5, 0.6) is 0 Å². The molecule has 0 aliphatic heterocycles. The molecule has 0 aliphatic rings. The average Bonchev–Trinajstić information content (AvgIpc) is 3.01. The van der Waals surface area contributed by atoms with E-state index in [-0.39, 0.29) is 29.6 Å². The summed E-state index contributed by atoms with van der Waals surface area (Å²) in [6.07, 6.45) is 1.17. The molecule has 0 aliphatic carbocycles. The number of hydrogen-bond donors (Lipinski definition) is 2. The molecule has 1 heterocycles. The maximum absolute atomic E-state index is 12.5. The molecule has 1 amide bonds. The number of benzene rings is 1. The largest absolute Gasteiger partial charge is 0.461 e. The zero-order valence-corrected chi connectivity index (χ0v) is 17.6. The van der Waals surface area contributed by atoms with Crippen molar-refractivity contribution in [2.24, 2.45) is 0 Å². The summed E-state index contributed by atoms with van der Waals surface area (Å²) in [7, 11) is 0. The van der Waals surface area contributed by atoms with E-state index in [4.69, 9.17) is 9.47 Å². The number of carbonyl (C=O) groups excluding carboxylic acids is 4. The minimum Gasteiger partial charge on any atom is -0.461 e. The molecule has 30 heavy (non-hydrogen) atoms. The molecule has 0 saturated carbocycles. The highest BCUT2D eigenvalue weighted by atomic mass is 16.5. The van der Waals surface area contributed by atoms with E-state index in [2.05, 4.69) is 10.3 Å². The number of H-pyrrole nitrogens is 1. The van der Waals surface area contributed by atoms with E-state index in [0.717, 1.165) is 6.42 Å². The van der Waals surface area contributed by atoms with Crippen LogP contribution in [-0.4, -0.2) is 41.8 Å². The number of amides is 1. The third kappa shape index (κ3) is 5.56. The monoisotopic (exact) mass is 414 g/mol. The first-order chi connectivity index (χ1) is 14.3. The Labute approximate surface area is 175 Å². The lowest BCUT2D eigenvalue weighted by Gasteiger charge is -2.07. The smallest absolute Gasteiger partial charge is 0.355 e. The second kappa shape index (κ2) is 10.4. The van der Waals surface area contributed by atoms with Crippen molar-refractivity contribution >= 4 is 29.3 Å². The van der Waals surface area contributed by atoms with Crippen LogP contribution in [0.4, 0.5) is 5.69 Å². The van der Waals surface area contributed by atoms with E-state index in [1.807, 2.05) is 6.92 Å². The Balaban J connectivity index is 2.00. The Morgan fingerprint density at radius 1 is 0.967 bits per heavy atom. The van der Waals surface area contributed by atoms with Crippen molar-refractivity contribution in [3.63, 3.8) is 0 Å². The molecule has 1 aromatic heterocycles. The molecule has 0 fully saturated rings. The summed E-state index contributed by atoms with van der Waals surface area (Å²) in [5, 5.41) is 2.74. The Morgan fingerprint density at radius 2 is 1.63 bits per heavy atom. The van der Waals surface area contributed by atoms with Crippen molar-refractivity contribution in [3.8, 4) is 0 Å². The van der Waals surface area contributed by atoms with E-state index in [1.165, 1.54) is 0 Å². The van der Waals surface area contributed by atoms with Crippen molar-refractivity contribution in [1.82, 2.24) is 4.98 Å².